The summed E-state index contributed by atoms with van der Waals surface area (Å²) in [6.45, 7) is 12.2. The molecule has 112 heavy (non-hydrogen) atoms. The van der Waals surface area contributed by atoms with Crippen LogP contribution in [-0.4, -0.2) is 90.8 Å². The number of Topliss-reactive ketones (excluding diaryl/α,β-unsaturated/α-hetero) is 1. The summed E-state index contributed by atoms with van der Waals surface area (Å²) in [5.74, 6) is 4.34. The molecular weight excluding hydrogens is 1420 g/mol. The minimum atomic E-state index is -0.793. The lowest BCUT2D eigenvalue weighted by molar-refractivity contribution is -0.119. The van der Waals surface area contributed by atoms with Gasteiger partial charge in [-0.25, -0.2) is 9.59 Å². The molecule has 4 heterocycles. The van der Waals surface area contributed by atoms with Crippen LogP contribution in [-0.2, 0) is 47.2 Å². The number of benzene rings is 8. The molecule has 10 aromatic rings. The van der Waals surface area contributed by atoms with E-state index in [9.17, 15) is 35.0 Å². The zero-order valence-corrected chi connectivity index (χ0v) is 62.1. The van der Waals surface area contributed by atoms with Crippen LogP contribution in [0.25, 0.3) is 33.4 Å². The van der Waals surface area contributed by atoms with Gasteiger partial charge in [0, 0.05) is 96.6 Å². The number of hydrogen-bond acceptors (Lipinski definition) is 20. The fourth-order valence-electron chi connectivity index (χ4n) is 13.2. The Balaban J connectivity index is 0.000000261. The van der Waals surface area contributed by atoms with E-state index in [0.717, 1.165) is 61.9 Å². The number of fused-ring (bicyclic) bond motifs is 5. The molecule has 0 saturated heterocycles. The molecule has 0 bridgehead atoms. The van der Waals surface area contributed by atoms with Crippen LogP contribution >= 0.6 is 0 Å². The average Bonchev–Trinajstić information content (AvgIpc) is 1.60. The fourth-order valence-corrected chi connectivity index (χ4v) is 13.2. The van der Waals surface area contributed by atoms with Crippen LogP contribution in [0.2, 0.25) is 0 Å². The van der Waals surface area contributed by atoms with Crippen molar-refractivity contribution in [3.8, 4) is 104 Å². The number of carbonyl (C=O) groups excluding carboxylic acids is 4. The summed E-state index contributed by atoms with van der Waals surface area (Å²) in [5.41, 5.74) is 14.0. The largest absolute Gasteiger partial charge is 0.488 e. The van der Waals surface area contributed by atoms with Crippen molar-refractivity contribution in [2.24, 2.45) is 0 Å². The summed E-state index contributed by atoms with van der Waals surface area (Å²) in [4.78, 5) is 61.2. The maximum absolute atomic E-state index is 13.8. The molecule has 2 amide bonds. The Morgan fingerprint density at radius 2 is 1.03 bits per heavy atom. The smallest absolute Gasteiger partial charge is 0.410 e. The Kier molecular flexibility index (Phi) is 26.5. The normalized spacial score (nSPS) is 12.0. The summed E-state index contributed by atoms with van der Waals surface area (Å²) in [7, 11) is 0. The van der Waals surface area contributed by atoms with Gasteiger partial charge in [-0.1, -0.05) is 104 Å². The van der Waals surface area contributed by atoms with Crippen molar-refractivity contribution < 1.29 is 66.5 Å². The number of aldehydes is 1. The van der Waals surface area contributed by atoms with Crippen molar-refractivity contribution >= 4 is 24.3 Å². The standard InChI is InChI=1S/C58H57N5O9.C31H23N3O5.CH4/c1-38-26-43(34-63(57(66)72-58(2,3)4)23-11-14-44(64)13-10-22-62-56(65)71-37-51-48-17-7-5-15-46(48)47-16-6-8-18-49(47)51)54(69-35-40-27-39(30-59)32-61-33-40)29-53(38)70-36-42-12-9-19-45(50(42)31-60)41-20-21-52-55(28-41)68-25-24-67-52;1-20-9-25(17-35)30(38-18-22-10-21(13-32)15-34-16-22)12-29(20)39-19-24-3-2-4-26(27(24)14-33)23-5-6-28-31(11-23)37-8-7-36-28;/h5-9,12,15-21,26-29,32-33,51H,10-11,13-14,22-25,34-37H2,1-4H3,(H,62,65);2-6,9-12,15-17H,7-8,18-19H2,1H3;1H4. The first-order valence-electron chi connectivity index (χ1n) is 36.3. The van der Waals surface area contributed by atoms with E-state index >= 15 is 0 Å². The summed E-state index contributed by atoms with van der Waals surface area (Å²) in [6, 6.07) is 58.0. The molecule has 8 aromatic carbocycles. The molecule has 2 aromatic heterocycles. The number of aryl methyl sites for hydroxylation is 2. The topological polar surface area (TPSA) is 297 Å². The third-order valence-corrected chi connectivity index (χ3v) is 18.6. The molecular formula is C90H84N8O14. The molecule has 22 heteroatoms. The predicted octanol–water partition coefficient (Wildman–Crippen LogP) is 17.3. The Morgan fingerprint density at radius 1 is 0.536 bits per heavy atom. The molecule has 0 atom stereocenters. The number of ketones is 1. The minimum absolute atomic E-state index is 0. The van der Waals surface area contributed by atoms with Gasteiger partial charge >= 0.3 is 12.2 Å². The van der Waals surface area contributed by atoms with Crippen molar-refractivity contribution in [2.75, 3.05) is 46.1 Å². The number of pyridine rings is 2. The predicted molar refractivity (Wildman–Crippen MR) is 418 cm³/mol. The number of amides is 2. The number of nitrogens with one attached hydrogen (secondary N) is 1. The Labute approximate surface area is 651 Å². The number of aromatic nitrogens is 2. The lowest BCUT2D eigenvalue weighted by Crippen LogP contribution is -2.37. The molecule has 0 radical (unpaired) electrons. The van der Waals surface area contributed by atoms with E-state index in [1.54, 1.807) is 68.4 Å². The first-order chi connectivity index (χ1) is 54.0. The van der Waals surface area contributed by atoms with Gasteiger partial charge in [0.15, 0.2) is 29.3 Å². The second-order valence-corrected chi connectivity index (χ2v) is 27.6. The monoisotopic (exact) mass is 1500 g/mol. The number of nitriles is 4. The van der Waals surface area contributed by atoms with Crippen LogP contribution in [0.3, 0.4) is 0 Å². The first kappa shape index (κ1) is 79.3. The van der Waals surface area contributed by atoms with E-state index < -0.39 is 17.8 Å². The van der Waals surface area contributed by atoms with E-state index in [1.165, 1.54) is 12.4 Å². The van der Waals surface area contributed by atoms with Crippen LogP contribution in [0.5, 0.6) is 46.0 Å². The lowest BCUT2D eigenvalue weighted by atomic mass is 9.96. The summed E-state index contributed by atoms with van der Waals surface area (Å²) in [6.07, 6.45) is 7.05. The first-order valence-corrected chi connectivity index (χ1v) is 36.3. The van der Waals surface area contributed by atoms with Crippen molar-refractivity contribution in [3.63, 3.8) is 0 Å². The number of nitrogens with zero attached hydrogens (tertiary/aromatic N) is 7. The highest BCUT2D eigenvalue weighted by molar-refractivity contribution is 5.82. The van der Waals surface area contributed by atoms with Crippen LogP contribution in [0.4, 0.5) is 9.59 Å². The van der Waals surface area contributed by atoms with Crippen molar-refractivity contribution in [1.82, 2.24) is 20.2 Å². The molecule has 22 nitrogen and oxygen atoms in total. The van der Waals surface area contributed by atoms with E-state index in [1.807, 2.05) is 123 Å². The third kappa shape index (κ3) is 20.0. The molecule has 0 spiro atoms. The number of alkyl carbamates (subject to hydrolysis) is 1. The molecule has 0 unspecified atom stereocenters. The highest BCUT2D eigenvalue weighted by Gasteiger charge is 2.30. The third-order valence-electron chi connectivity index (χ3n) is 18.6. The van der Waals surface area contributed by atoms with Gasteiger partial charge in [-0.15, -0.1) is 0 Å². The van der Waals surface area contributed by atoms with Gasteiger partial charge in [-0.05, 0) is 152 Å². The van der Waals surface area contributed by atoms with Crippen molar-refractivity contribution in [1.29, 1.82) is 21.0 Å². The van der Waals surface area contributed by atoms with Gasteiger partial charge in [-0.3, -0.25) is 19.6 Å². The van der Waals surface area contributed by atoms with Crippen LogP contribution in [0.15, 0.2) is 183 Å². The summed E-state index contributed by atoms with van der Waals surface area (Å²) >= 11 is 0. The van der Waals surface area contributed by atoms with Crippen molar-refractivity contribution in [3.05, 3.63) is 260 Å². The van der Waals surface area contributed by atoms with E-state index in [0.29, 0.717) is 141 Å². The second-order valence-electron chi connectivity index (χ2n) is 27.6. The number of hydrogen-bond donors (Lipinski definition) is 1. The molecule has 2 aliphatic heterocycles. The summed E-state index contributed by atoms with van der Waals surface area (Å²) < 4.78 is 59.2. The minimum Gasteiger partial charge on any atom is -0.488 e. The van der Waals surface area contributed by atoms with Gasteiger partial charge in [0.05, 0.1) is 34.4 Å². The Bertz CT molecular complexity index is 5250. The quantitative estimate of drug-likeness (QED) is 0.0369. The van der Waals surface area contributed by atoms with Crippen LogP contribution < -0.4 is 43.2 Å². The maximum Gasteiger partial charge on any atom is 0.410 e. The zero-order valence-electron chi connectivity index (χ0n) is 62.1. The van der Waals surface area contributed by atoms with E-state index in [2.05, 4.69) is 57.8 Å². The Morgan fingerprint density at radius 3 is 1.55 bits per heavy atom. The molecule has 568 valence electrons. The molecule has 13 rings (SSSR count). The second kappa shape index (κ2) is 37.4. The zero-order chi connectivity index (χ0) is 77.8. The van der Waals surface area contributed by atoms with Gasteiger partial charge in [-0.2, -0.15) is 21.0 Å². The molecule has 0 saturated carbocycles. The van der Waals surface area contributed by atoms with Gasteiger partial charge < -0.3 is 57.6 Å². The maximum atomic E-state index is 13.8. The highest BCUT2D eigenvalue weighted by Crippen LogP contribution is 2.45. The average molecular weight is 1500 g/mol. The Hall–Kier alpha value is -13.7. The molecule has 0 fully saturated rings. The van der Waals surface area contributed by atoms with Crippen LogP contribution in [0.1, 0.15) is 142 Å². The SMILES string of the molecule is C.Cc1cc(C=O)c(OCc2cncc(C#N)c2)cc1OCc1cccc(-c2ccc3c(c2)OCCO3)c1C#N.Cc1cc(CN(CCCC(=O)CCCNC(=O)OCC2c3ccccc3-c3ccccc32)C(=O)OC(C)(C)C)c(OCc2cncc(C#N)c2)cc1OCc1cccc(-c2ccc3c(c2)OCCO3)c1C#N. The highest BCUT2D eigenvalue weighted by atomic mass is 16.6. The van der Waals surface area contributed by atoms with Gasteiger partial charge in [0.2, 0.25) is 0 Å². The lowest BCUT2D eigenvalue weighted by Gasteiger charge is -2.28. The van der Waals surface area contributed by atoms with Crippen LogP contribution in [0, 0.1) is 59.2 Å². The molecule has 1 aliphatic carbocycles. The number of rotatable bonds is 27. The molecule has 1 N–H and O–H groups in total. The van der Waals surface area contributed by atoms with Gasteiger partial charge in [0.25, 0.3) is 0 Å². The van der Waals surface area contributed by atoms with Gasteiger partial charge in [0.1, 0.15) is 118 Å². The summed E-state index contributed by atoms with van der Waals surface area (Å²) in [5, 5.41) is 41.8. The van der Waals surface area contributed by atoms with Crippen molar-refractivity contribution in [2.45, 2.75) is 112 Å². The number of carbonyl (C=O) groups is 4. The van der Waals surface area contributed by atoms with E-state index in [4.69, 9.17) is 52.6 Å². The fraction of sp³-hybridized carbons (Fsp3) is 0.267. The molecule has 3 aliphatic rings. The van der Waals surface area contributed by atoms with E-state index in [-0.39, 0.29) is 84.6 Å². The number of ether oxygens (including phenoxy) is 10.